The zero-order valence-electron chi connectivity index (χ0n) is 8.93. The van der Waals surface area contributed by atoms with E-state index in [0.29, 0.717) is 18.7 Å². The maximum Gasteiger partial charge on any atom is 0.294 e. The van der Waals surface area contributed by atoms with Gasteiger partial charge < -0.3 is 4.90 Å². The number of carbonyl (C=O) groups excluding carboxylic acids is 2. The molecule has 0 aliphatic carbocycles. The number of carbonyl (C=O) groups is 2. The summed E-state index contributed by atoms with van der Waals surface area (Å²) in [4.78, 5) is 28.6. The van der Waals surface area contributed by atoms with Crippen molar-refractivity contribution in [1.82, 2.24) is 9.88 Å². The Morgan fingerprint density at radius 1 is 1.33 bits per heavy atom. The predicted molar refractivity (Wildman–Crippen MR) is 56.5 cm³/mol. The van der Waals surface area contributed by atoms with Crippen LogP contribution in [0.3, 0.4) is 0 Å². The fraction of sp³-hybridized carbons (Fsp3) is 0.364. The summed E-state index contributed by atoms with van der Waals surface area (Å²) in [7, 11) is 0. The molecule has 0 unspecified atom stereocenters. The third-order valence-corrected chi connectivity index (χ3v) is 2.17. The molecule has 0 fully saturated rings. The van der Waals surface area contributed by atoms with Crippen LogP contribution in [0.2, 0.25) is 0 Å². The Morgan fingerprint density at radius 3 is 2.47 bits per heavy atom. The Morgan fingerprint density at radius 2 is 2.00 bits per heavy atom. The van der Waals surface area contributed by atoms with E-state index < -0.39 is 11.7 Å². The number of Topliss-reactive ketones (excluding diaryl/α,β-unsaturated/α-hetero) is 1. The minimum absolute atomic E-state index is 0.342. The number of likely N-dealkylation sites (N-methyl/N-ethyl adjacent to an activating group) is 1. The van der Waals surface area contributed by atoms with Crippen LogP contribution in [-0.2, 0) is 4.79 Å². The van der Waals surface area contributed by atoms with E-state index in [4.69, 9.17) is 0 Å². The van der Waals surface area contributed by atoms with Gasteiger partial charge in [-0.3, -0.25) is 14.6 Å². The molecule has 15 heavy (non-hydrogen) atoms. The summed E-state index contributed by atoms with van der Waals surface area (Å²) in [6.45, 7) is 4.78. The summed E-state index contributed by atoms with van der Waals surface area (Å²) in [5.41, 5.74) is 0.342. The number of hydrogen-bond acceptors (Lipinski definition) is 3. The first-order valence-corrected chi connectivity index (χ1v) is 4.94. The zero-order valence-corrected chi connectivity index (χ0v) is 8.93. The van der Waals surface area contributed by atoms with E-state index in [-0.39, 0.29) is 0 Å². The largest absolute Gasteiger partial charge is 0.336 e. The van der Waals surface area contributed by atoms with E-state index >= 15 is 0 Å². The molecule has 4 heteroatoms. The number of nitrogens with zero attached hydrogens (tertiary/aromatic N) is 2. The fourth-order valence-corrected chi connectivity index (χ4v) is 1.27. The van der Waals surface area contributed by atoms with E-state index in [1.165, 1.54) is 11.1 Å². The first-order valence-electron chi connectivity index (χ1n) is 4.94. The molecule has 1 rings (SSSR count). The molecule has 0 atom stereocenters. The number of rotatable bonds is 4. The lowest BCUT2D eigenvalue weighted by molar-refractivity contribution is -0.126. The summed E-state index contributed by atoms with van der Waals surface area (Å²) in [5.74, 6) is -0.959. The van der Waals surface area contributed by atoms with Crippen molar-refractivity contribution in [3.05, 3.63) is 30.1 Å². The average Bonchev–Trinajstić information content (AvgIpc) is 2.30. The molecule has 0 bridgehead atoms. The van der Waals surface area contributed by atoms with E-state index in [1.807, 2.05) is 13.8 Å². The third kappa shape index (κ3) is 2.62. The maximum absolute atomic E-state index is 11.7. The van der Waals surface area contributed by atoms with Gasteiger partial charge in [0.25, 0.3) is 11.7 Å². The van der Waals surface area contributed by atoms with Crippen LogP contribution >= 0.6 is 0 Å². The van der Waals surface area contributed by atoms with Gasteiger partial charge >= 0.3 is 0 Å². The van der Waals surface area contributed by atoms with Crippen LogP contribution in [0.25, 0.3) is 0 Å². The Balaban J connectivity index is 2.82. The van der Waals surface area contributed by atoms with Crippen molar-refractivity contribution >= 4 is 11.7 Å². The monoisotopic (exact) mass is 206 g/mol. The standard InChI is InChI=1S/C11H14N2O2/c1-3-13(4-2)11(15)10(14)9-6-5-7-12-8-9/h5-8H,3-4H2,1-2H3. The molecule has 0 radical (unpaired) electrons. The second-order valence-electron chi connectivity index (χ2n) is 3.05. The van der Waals surface area contributed by atoms with Crippen molar-refractivity contribution in [3.63, 3.8) is 0 Å². The van der Waals surface area contributed by atoms with E-state index in [2.05, 4.69) is 4.98 Å². The van der Waals surface area contributed by atoms with Gasteiger partial charge in [-0.2, -0.15) is 0 Å². The van der Waals surface area contributed by atoms with Gasteiger partial charge in [0.1, 0.15) is 0 Å². The smallest absolute Gasteiger partial charge is 0.294 e. The summed E-state index contributed by atoms with van der Waals surface area (Å²) >= 11 is 0. The van der Waals surface area contributed by atoms with E-state index in [0.717, 1.165) is 0 Å². The molecule has 0 aliphatic heterocycles. The van der Waals surface area contributed by atoms with Crippen LogP contribution in [0.15, 0.2) is 24.5 Å². The first kappa shape index (κ1) is 11.4. The van der Waals surface area contributed by atoms with Crippen molar-refractivity contribution in [2.45, 2.75) is 13.8 Å². The van der Waals surface area contributed by atoms with Crippen LogP contribution in [0.5, 0.6) is 0 Å². The van der Waals surface area contributed by atoms with Crippen LogP contribution in [0.4, 0.5) is 0 Å². The van der Waals surface area contributed by atoms with Gasteiger partial charge in [-0.05, 0) is 26.0 Å². The number of aromatic nitrogens is 1. The molecule has 0 aliphatic rings. The van der Waals surface area contributed by atoms with Gasteiger partial charge in [-0.1, -0.05) is 0 Å². The van der Waals surface area contributed by atoms with Crippen LogP contribution < -0.4 is 0 Å². The van der Waals surface area contributed by atoms with Crippen molar-refractivity contribution in [2.75, 3.05) is 13.1 Å². The second kappa shape index (κ2) is 5.24. The van der Waals surface area contributed by atoms with E-state index in [1.54, 1.807) is 18.3 Å². The molecule has 1 amide bonds. The lowest BCUT2D eigenvalue weighted by Crippen LogP contribution is -2.36. The van der Waals surface area contributed by atoms with Crippen molar-refractivity contribution in [1.29, 1.82) is 0 Å². The van der Waals surface area contributed by atoms with Gasteiger partial charge in [0.15, 0.2) is 0 Å². The highest BCUT2D eigenvalue weighted by Gasteiger charge is 2.20. The topological polar surface area (TPSA) is 50.3 Å². The normalized spacial score (nSPS) is 9.73. The van der Waals surface area contributed by atoms with Gasteiger partial charge in [-0.25, -0.2) is 0 Å². The summed E-state index contributed by atoms with van der Waals surface area (Å²) in [6.07, 6.45) is 2.97. The van der Waals surface area contributed by atoms with Gasteiger partial charge in [-0.15, -0.1) is 0 Å². The first-order chi connectivity index (χ1) is 7.20. The average molecular weight is 206 g/mol. The quantitative estimate of drug-likeness (QED) is 0.548. The lowest BCUT2D eigenvalue weighted by atomic mass is 10.1. The highest BCUT2D eigenvalue weighted by molar-refractivity contribution is 6.42. The lowest BCUT2D eigenvalue weighted by Gasteiger charge is -2.17. The van der Waals surface area contributed by atoms with Crippen molar-refractivity contribution in [3.8, 4) is 0 Å². The highest BCUT2D eigenvalue weighted by Crippen LogP contribution is 2.01. The third-order valence-electron chi connectivity index (χ3n) is 2.17. The van der Waals surface area contributed by atoms with Crippen LogP contribution in [0, 0.1) is 0 Å². The fourth-order valence-electron chi connectivity index (χ4n) is 1.27. The Labute approximate surface area is 88.9 Å². The molecule has 0 saturated heterocycles. The minimum Gasteiger partial charge on any atom is -0.336 e. The molecule has 80 valence electrons. The Bertz CT molecular complexity index is 345. The molecule has 1 aromatic rings. The summed E-state index contributed by atoms with van der Waals surface area (Å²) in [6, 6.07) is 3.24. The molecule has 0 aromatic carbocycles. The molecule has 4 nitrogen and oxygen atoms in total. The zero-order chi connectivity index (χ0) is 11.3. The van der Waals surface area contributed by atoms with Gasteiger partial charge in [0.2, 0.25) is 0 Å². The summed E-state index contributed by atoms with van der Waals surface area (Å²) in [5, 5.41) is 0. The van der Waals surface area contributed by atoms with E-state index in [9.17, 15) is 9.59 Å². The highest BCUT2D eigenvalue weighted by atomic mass is 16.2. The Kier molecular flexibility index (Phi) is 3.97. The van der Waals surface area contributed by atoms with Crippen molar-refractivity contribution in [2.24, 2.45) is 0 Å². The van der Waals surface area contributed by atoms with Crippen LogP contribution in [0.1, 0.15) is 24.2 Å². The van der Waals surface area contributed by atoms with Crippen LogP contribution in [-0.4, -0.2) is 34.7 Å². The molecule has 0 N–H and O–H groups in total. The molecule has 1 heterocycles. The molecule has 1 aromatic heterocycles. The molecule has 0 spiro atoms. The second-order valence-corrected chi connectivity index (χ2v) is 3.05. The maximum atomic E-state index is 11.7. The molecule has 0 saturated carbocycles. The molecular weight excluding hydrogens is 192 g/mol. The SMILES string of the molecule is CCN(CC)C(=O)C(=O)c1cccnc1. The Hall–Kier alpha value is -1.71. The van der Waals surface area contributed by atoms with Gasteiger partial charge in [0, 0.05) is 31.0 Å². The predicted octanol–water partition coefficient (Wildman–Crippen LogP) is 1.13. The number of ketones is 1. The number of pyridine rings is 1. The van der Waals surface area contributed by atoms with Crippen molar-refractivity contribution < 1.29 is 9.59 Å². The molecular formula is C11H14N2O2. The minimum atomic E-state index is -0.494. The number of hydrogen-bond donors (Lipinski definition) is 0. The summed E-state index contributed by atoms with van der Waals surface area (Å²) < 4.78 is 0. The van der Waals surface area contributed by atoms with Gasteiger partial charge in [0.05, 0.1) is 0 Å². The number of amides is 1.